The fourth-order valence-electron chi connectivity index (χ4n) is 7.56. The summed E-state index contributed by atoms with van der Waals surface area (Å²) in [7, 11) is 0. The van der Waals surface area contributed by atoms with Crippen LogP contribution in [0, 0.1) is 0 Å². The van der Waals surface area contributed by atoms with E-state index >= 15 is 0 Å². The molecule has 0 aromatic rings. The minimum absolute atomic E-state index is 0.114. The molecule has 0 aliphatic carbocycles. The van der Waals surface area contributed by atoms with Crippen LogP contribution in [0.2, 0.25) is 0 Å². The van der Waals surface area contributed by atoms with Gasteiger partial charge in [-0.3, -0.25) is 14.4 Å². The average molecular weight is 958 g/mol. The third-order valence-corrected chi connectivity index (χ3v) is 11.8. The van der Waals surface area contributed by atoms with Gasteiger partial charge in [-0.15, -0.1) is 0 Å². The predicted octanol–water partition coefficient (Wildman–Crippen LogP) is 19.1. The van der Waals surface area contributed by atoms with Gasteiger partial charge in [0, 0.05) is 19.3 Å². The summed E-state index contributed by atoms with van der Waals surface area (Å²) < 4.78 is 16.8. The summed E-state index contributed by atoms with van der Waals surface area (Å²) in [4.78, 5) is 38.1. The number of rotatable bonds is 50. The molecular weight excluding hydrogens is 853 g/mol. The van der Waals surface area contributed by atoms with Gasteiger partial charge in [0.15, 0.2) is 6.10 Å². The van der Waals surface area contributed by atoms with Crippen LogP contribution in [0.15, 0.2) is 109 Å². The van der Waals surface area contributed by atoms with Gasteiger partial charge in [-0.05, 0) is 109 Å². The smallest absolute Gasteiger partial charge is 0.306 e. The lowest BCUT2D eigenvalue weighted by atomic mass is 10.1. The summed E-state index contributed by atoms with van der Waals surface area (Å²) in [5.74, 6) is -1.01. The van der Waals surface area contributed by atoms with Crippen molar-refractivity contribution < 1.29 is 28.6 Å². The number of hydrogen-bond donors (Lipinski definition) is 0. The van der Waals surface area contributed by atoms with Crippen LogP contribution in [0.5, 0.6) is 0 Å². The first kappa shape index (κ1) is 65.1. The van der Waals surface area contributed by atoms with Gasteiger partial charge in [-0.2, -0.15) is 0 Å². The van der Waals surface area contributed by atoms with Crippen LogP contribution in [-0.2, 0) is 28.6 Å². The Balaban J connectivity index is 4.49. The van der Waals surface area contributed by atoms with Crippen LogP contribution in [0.1, 0.15) is 252 Å². The Morgan fingerprint density at radius 1 is 0.304 bits per heavy atom. The van der Waals surface area contributed by atoms with Gasteiger partial charge in [0.25, 0.3) is 0 Å². The Hall–Kier alpha value is -3.93. The number of allylic oxidation sites excluding steroid dienone is 18. The summed E-state index contributed by atoms with van der Waals surface area (Å²) >= 11 is 0. The maximum atomic E-state index is 12.8. The highest BCUT2D eigenvalue weighted by atomic mass is 16.6. The summed E-state index contributed by atoms with van der Waals surface area (Å²) in [6, 6.07) is 0. The summed E-state index contributed by atoms with van der Waals surface area (Å²) in [5, 5.41) is 0. The molecule has 0 aromatic carbocycles. The minimum Gasteiger partial charge on any atom is -0.462 e. The van der Waals surface area contributed by atoms with Crippen molar-refractivity contribution in [3.8, 4) is 0 Å². The van der Waals surface area contributed by atoms with Crippen LogP contribution in [0.4, 0.5) is 0 Å². The van der Waals surface area contributed by atoms with Crippen LogP contribution in [0.25, 0.3) is 0 Å². The number of unbranched alkanes of at least 4 members (excludes halogenated alkanes) is 21. The number of carbonyl (C=O) groups is 3. The third kappa shape index (κ3) is 54.9. The number of carbonyl (C=O) groups excluding carboxylic acids is 3. The Morgan fingerprint density at radius 3 is 0.957 bits per heavy atom. The Kier molecular flexibility index (Phi) is 53.4. The van der Waals surface area contributed by atoms with Gasteiger partial charge in [0.1, 0.15) is 13.2 Å². The lowest BCUT2D eigenvalue weighted by Gasteiger charge is -2.18. The maximum Gasteiger partial charge on any atom is 0.306 e. The van der Waals surface area contributed by atoms with E-state index < -0.39 is 12.1 Å². The molecule has 0 N–H and O–H groups in total. The largest absolute Gasteiger partial charge is 0.462 e. The molecule has 0 radical (unpaired) electrons. The quantitative estimate of drug-likeness (QED) is 0.0262. The molecule has 6 nitrogen and oxygen atoms in total. The Morgan fingerprint density at radius 2 is 0.594 bits per heavy atom. The van der Waals surface area contributed by atoms with Crippen LogP contribution in [-0.4, -0.2) is 37.2 Å². The second kappa shape index (κ2) is 56.7. The van der Waals surface area contributed by atoms with E-state index in [0.717, 1.165) is 109 Å². The van der Waals surface area contributed by atoms with Crippen molar-refractivity contribution in [1.82, 2.24) is 0 Å². The second-order valence-electron chi connectivity index (χ2n) is 18.4. The van der Waals surface area contributed by atoms with Gasteiger partial charge < -0.3 is 14.2 Å². The van der Waals surface area contributed by atoms with E-state index in [1.54, 1.807) is 0 Å². The molecule has 0 saturated heterocycles. The van der Waals surface area contributed by atoms with Crippen molar-refractivity contribution >= 4 is 17.9 Å². The lowest BCUT2D eigenvalue weighted by Crippen LogP contribution is -2.30. The van der Waals surface area contributed by atoms with Gasteiger partial charge in [0.05, 0.1) is 0 Å². The molecule has 0 saturated carbocycles. The van der Waals surface area contributed by atoms with Crippen LogP contribution >= 0.6 is 0 Å². The van der Waals surface area contributed by atoms with Crippen molar-refractivity contribution in [1.29, 1.82) is 0 Å². The first-order valence-corrected chi connectivity index (χ1v) is 28.4. The lowest BCUT2D eigenvalue weighted by molar-refractivity contribution is -0.166. The van der Waals surface area contributed by atoms with Crippen molar-refractivity contribution in [2.24, 2.45) is 0 Å². The first-order chi connectivity index (χ1) is 34.0. The fraction of sp³-hybridized carbons (Fsp3) is 0.667. The average Bonchev–Trinajstić information content (AvgIpc) is 3.35. The topological polar surface area (TPSA) is 78.9 Å². The molecule has 0 amide bonds. The van der Waals surface area contributed by atoms with E-state index in [4.69, 9.17) is 14.2 Å². The molecule has 1 atom stereocenters. The SMILES string of the molecule is CC/C=C\C/C=C\C/C=C\C/C=C\C/C=C\CCC(=O)OC(COC(=O)CCCCCCC/C=C\CCCCCCCCC)COC(=O)CCCCCCCCCCC/C=C\C/C=C\C/C=C\CC. The standard InChI is InChI=1S/C63H104O6/c1-4-7-10-13-16-19-22-25-28-31-32-33-36-38-41-44-47-50-53-56-62(65)68-59-60(69-63(66)57-54-51-48-45-42-39-35-30-27-24-21-18-15-12-9-6-3)58-67-61(64)55-52-49-46-43-40-37-34-29-26-23-20-17-14-11-8-5-2/h7,9-10,12,16,18-19,21,25,27-30,34,39,42,48,51,60H,4-6,8,11,13-15,17,20,22-24,26,31-33,35-38,40-41,43-47,49-50,52-59H2,1-3H3/b10-7-,12-9-,19-16-,21-18-,28-25-,30-27-,34-29-,42-39-,51-48-. The highest BCUT2D eigenvalue weighted by Gasteiger charge is 2.19. The highest BCUT2D eigenvalue weighted by Crippen LogP contribution is 2.14. The molecule has 69 heavy (non-hydrogen) atoms. The molecule has 0 rings (SSSR count). The van der Waals surface area contributed by atoms with E-state index in [-0.39, 0.29) is 31.6 Å². The molecule has 0 bridgehead atoms. The zero-order valence-corrected chi connectivity index (χ0v) is 44.8. The van der Waals surface area contributed by atoms with E-state index in [0.29, 0.717) is 19.3 Å². The van der Waals surface area contributed by atoms with Gasteiger partial charge >= 0.3 is 17.9 Å². The number of hydrogen-bond acceptors (Lipinski definition) is 6. The normalized spacial score (nSPS) is 12.9. The Bertz CT molecular complexity index is 1420. The second-order valence-corrected chi connectivity index (χ2v) is 18.4. The number of ether oxygens (including phenoxy) is 3. The monoisotopic (exact) mass is 957 g/mol. The van der Waals surface area contributed by atoms with Crippen molar-refractivity contribution in [2.45, 2.75) is 258 Å². The molecule has 6 heteroatoms. The van der Waals surface area contributed by atoms with Gasteiger partial charge in [0.2, 0.25) is 0 Å². The Labute approximate surface area is 425 Å². The first-order valence-electron chi connectivity index (χ1n) is 28.4. The predicted molar refractivity (Wildman–Crippen MR) is 297 cm³/mol. The molecule has 0 aliphatic rings. The molecule has 0 fully saturated rings. The van der Waals surface area contributed by atoms with Gasteiger partial charge in [-0.25, -0.2) is 0 Å². The highest BCUT2D eigenvalue weighted by molar-refractivity contribution is 5.71. The van der Waals surface area contributed by atoms with Crippen molar-refractivity contribution in [2.75, 3.05) is 13.2 Å². The zero-order valence-electron chi connectivity index (χ0n) is 44.8. The zero-order chi connectivity index (χ0) is 50.0. The van der Waals surface area contributed by atoms with Crippen LogP contribution < -0.4 is 0 Å². The van der Waals surface area contributed by atoms with Crippen LogP contribution in [0.3, 0.4) is 0 Å². The van der Waals surface area contributed by atoms with Crippen molar-refractivity contribution in [3.05, 3.63) is 109 Å². The van der Waals surface area contributed by atoms with E-state index in [1.807, 2.05) is 12.2 Å². The summed E-state index contributed by atoms with van der Waals surface area (Å²) in [6.07, 6.45) is 76.6. The molecule has 0 spiro atoms. The molecule has 0 heterocycles. The van der Waals surface area contributed by atoms with E-state index in [1.165, 1.54) is 96.3 Å². The molecule has 392 valence electrons. The third-order valence-electron chi connectivity index (χ3n) is 11.8. The van der Waals surface area contributed by atoms with Crippen molar-refractivity contribution in [3.63, 3.8) is 0 Å². The molecule has 0 aliphatic heterocycles. The fourth-order valence-corrected chi connectivity index (χ4v) is 7.56. The summed E-state index contributed by atoms with van der Waals surface area (Å²) in [6.45, 7) is 6.34. The molecular formula is C63H104O6. The van der Waals surface area contributed by atoms with Gasteiger partial charge in [-0.1, -0.05) is 233 Å². The molecule has 1 unspecified atom stereocenters. The van der Waals surface area contributed by atoms with E-state index in [9.17, 15) is 14.4 Å². The minimum atomic E-state index is -0.825. The number of esters is 3. The van der Waals surface area contributed by atoms with E-state index in [2.05, 4.69) is 118 Å². The molecule has 0 aromatic heterocycles. The summed E-state index contributed by atoms with van der Waals surface area (Å²) in [5.41, 5.74) is 0. The maximum absolute atomic E-state index is 12.8.